The summed E-state index contributed by atoms with van der Waals surface area (Å²) in [6, 6.07) is 0. The monoisotopic (exact) mass is 326 g/mol. The highest BCUT2D eigenvalue weighted by molar-refractivity contribution is 5.66. The van der Waals surface area contributed by atoms with Gasteiger partial charge in [-0.05, 0) is 37.0 Å². The van der Waals surface area contributed by atoms with Crippen molar-refractivity contribution in [3.05, 3.63) is 11.6 Å². The van der Waals surface area contributed by atoms with Crippen molar-refractivity contribution in [2.45, 2.75) is 64.8 Å². The summed E-state index contributed by atoms with van der Waals surface area (Å²) >= 11 is 0. The minimum Gasteiger partial charge on any atom is -0.459 e. The SMILES string of the molecule is CO[C@@H]1/C=C(\C)C[C@H](OC(C)=O)[C@]2(O)[C@H](CC2(C)C)[C@H](CO)C1. The quantitative estimate of drug-likeness (QED) is 0.613. The molecule has 5 atom stereocenters. The molecule has 5 heteroatoms. The molecule has 0 aromatic heterocycles. The fraction of sp³-hybridized carbons (Fsp3) is 0.833. The van der Waals surface area contributed by atoms with Crippen LogP contribution in [0.15, 0.2) is 11.6 Å². The zero-order valence-electron chi connectivity index (χ0n) is 14.8. The van der Waals surface area contributed by atoms with Crippen LogP contribution in [0.2, 0.25) is 0 Å². The number of carbonyl (C=O) groups is 1. The van der Waals surface area contributed by atoms with Gasteiger partial charge in [-0.25, -0.2) is 0 Å². The molecule has 2 aliphatic carbocycles. The maximum Gasteiger partial charge on any atom is 0.303 e. The smallest absolute Gasteiger partial charge is 0.303 e. The Morgan fingerprint density at radius 2 is 2.09 bits per heavy atom. The molecule has 1 saturated carbocycles. The molecule has 132 valence electrons. The van der Waals surface area contributed by atoms with Crippen molar-refractivity contribution in [3.63, 3.8) is 0 Å². The Kier molecular flexibility index (Phi) is 5.24. The second-order valence-electron chi connectivity index (χ2n) is 7.79. The zero-order valence-corrected chi connectivity index (χ0v) is 14.8. The van der Waals surface area contributed by atoms with Gasteiger partial charge in [0.1, 0.15) is 11.7 Å². The van der Waals surface area contributed by atoms with Crippen LogP contribution in [0.4, 0.5) is 0 Å². The Labute approximate surface area is 138 Å². The fourth-order valence-corrected chi connectivity index (χ4v) is 4.50. The Bertz CT molecular complexity index is 484. The topological polar surface area (TPSA) is 76.0 Å². The van der Waals surface area contributed by atoms with Gasteiger partial charge in [0.2, 0.25) is 0 Å². The predicted octanol–water partition coefficient (Wildman–Crippen LogP) is 2.06. The largest absolute Gasteiger partial charge is 0.459 e. The first-order valence-electron chi connectivity index (χ1n) is 8.36. The van der Waals surface area contributed by atoms with E-state index in [1.165, 1.54) is 6.92 Å². The number of fused-ring (bicyclic) bond motifs is 1. The molecular weight excluding hydrogens is 296 g/mol. The van der Waals surface area contributed by atoms with Gasteiger partial charge in [0.25, 0.3) is 0 Å². The van der Waals surface area contributed by atoms with Crippen molar-refractivity contribution in [1.82, 2.24) is 0 Å². The number of hydrogen-bond acceptors (Lipinski definition) is 5. The first-order valence-corrected chi connectivity index (χ1v) is 8.36. The van der Waals surface area contributed by atoms with Crippen molar-refractivity contribution < 1.29 is 24.5 Å². The Balaban J connectivity index is 2.45. The second-order valence-corrected chi connectivity index (χ2v) is 7.79. The Morgan fingerprint density at radius 3 is 2.57 bits per heavy atom. The number of esters is 1. The minimum absolute atomic E-state index is 0.0113. The summed E-state index contributed by atoms with van der Waals surface area (Å²) in [5.41, 5.74) is -0.473. The molecule has 0 aromatic carbocycles. The van der Waals surface area contributed by atoms with Crippen LogP contribution >= 0.6 is 0 Å². The van der Waals surface area contributed by atoms with Crippen LogP contribution in [-0.4, -0.2) is 47.7 Å². The van der Waals surface area contributed by atoms with E-state index in [2.05, 4.69) is 0 Å². The lowest BCUT2D eigenvalue weighted by molar-refractivity contribution is -0.273. The summed E-state index contributed by atoms with van der Waals surface area (Å²) in [5.74, 6) is -0.581. The Morgan fingerprint density at radius 1 is 1.43 bits per heavy atom. The summed E-state index contributed by atoms with van der Waals surface area (Å²) in [7, 11) is 1.65. The summed E-state index contributed by atoms with van der Waals surface area (Å²) < 4.78 is 11.1. The first kappa shape index (κ1) is 18.4. The molecule has 0 radical (unpaired) electrons. The molecule has 0 unspecified atom stereocenters. The van der Waals surface area contributed by atoms with Crippen LogP contribution in [0.1, 0.15) is 47.0 Å². The lowest BCUT2D eigenvalue weighted by atomic mass is 9.46. The number of aliphatic hydroxyl groups excluding tert-OH is 1. The molecule has 0 heterocycles. The number of ether oxygens (including phenoxy) is 2. The van der Waals surface area contributed by atoms with Crippen molar-refractivity contribution >= 4 is 5.97 Å². The summed E-state index contributed by atoms with van der Waals surface area (Å²) in [5, 5.41) is 21.4. The van der Waals surface area contributed by atoms with Crippen LogP contribution in [-0.2, 0) is 14.3 Å². The van der Waals surface area contributed by atoms with Gasteiger partial charge in [0, 0.05) is 27.1 Å². The molecule has 0 saturated heterocycles. The van der Waals surface area contributed by atoms with Crippen LogP contribution < -0.4 is 0 Å². The molecule has 2 rings (SSSR count). The van der Waals surface area contributed by atoms with Gasteiger partial charge in [0.15, 0.2) is 0 Å². The van der Waals surface area contributed by atoms with Crippen LogP contribution in [0.5, 0.6) is 0 Å². The van der Waals surface area contributed by atoms with Crippen LogP contribution in [0.25, 0.3) is 0 Å². The van der Waals surface area contributed by atoms with Crippen molar-refractivity contribution in [3.8, 4) is 0 Å². The molecular formula is C18H30O5. The first-order chi connectivity index (χ1) is 10.7. The van der Waals surface area contributed by atoms with E-state index < -0.39 is 11.7 Å². The highest BCUT2D eigenvalue weighted by Crippen LogP contribution is 2.60. The molecule has 0 spiro atoms. The van der Waals surface area contributed by atoms with E-state index in [-0.39, 0.29) is 35.9 Å². The van der Waals surface area contributed by atoms with E-state index in [0.29, 0.717) is 12.8 Å². The van der Waals surface area contributed by atoms with E-state index >= 15 is 0 Å². The van der Waals surface area contributed by atoms with Crippen molar-refractivity contribution in [2.24, 2.45) is 17.3 Å². The van der Waals surface area contributed by atoms with Crippen molar-refractivity contribution in [2.75, 3.05) is 13.7 Å². The number of aliphatic hydroxyl groups is 2. The molecule has 5 nitrogen and oxygen atoms in total. The van der Waals surface area contributed by atoms with E-state index in [4.69, 9.17) is 9.47 Å². The molecule has 2 N–H and O–H groups in total. The molecule has 0 aromatic rings. The lowest BCUT2D eigenvalue weighted by Crippen LogP contribution is -2.70. The Hall–Kier alpha value is -0.910. The van der Waals surface area contributed by atoms with E-state index in [9.17, 15) is 15.0 Å². The molecule has 23 heavy (non-hydrogen) atoms. The molecule has 0 aliphatic heterocycles. The fourth-order valence-electron chi connectivity index (χ4n) is 4.50. The van der Waals surface area contributed by atoms with Crippen LogP contribution in [0.3, 0.4) is 0 Å². The van der Waals surface area contributed by atoms with E-state index in [1.807, 2.05) is 26.8 Å². The number of methoxy groups -OCH3 is 1. The molecule has 2 aliphatic rings. The second kappa shape index (κ2) is 6.54. The third kappa shape index (κ3) is 3.19. The van der Waals surface area contributed by atoms with Gasteiger partial charge in [0.05, 0.1) is 6.10 Å². The summed E-state index contributed by atoms with van der Waals surface area (Å²) in [4.78, 5) is 11.6. The standard InChI is InChI=1S/C18H30O5/c1-11-6-14(22-5)8-13(10-19)15-9-17(3,4)18(15,21)16(7-11)23-12(2)20/h6,13-16,19,21H,7-10H2,1-5H3/b11-6+/t13-,14+,15+,16-,18+/m0/s1. The average Bonchev–Trinajstić information content (AvgIpc) is 2.49. The lowest BCUT2D eigenvalue weighted by Gasteiger charge is -2.63. The van der Waals surface area contributed by atoms with Gasteiger partial charge in [-0.3, -0.25) is 4.79 Å². The highest BCUT2D eigenvalue weighted by atomic mass is 16.6. The minimum atomic E-state index is -1.14. The highest BCUT2D eigenvalue weighted by Gasteiger charge is 2.66. The van der Waals surface area contributed by atoms with Gasteiger partial charge in [-0.15, -0.1) is 0 Å². The number of hydrogen-bond donors (Lipinski definition) is 2. The van der Waals surface area contributed by atoms with Gasteiger partial charge in [-0.2, -0.15) is 0 Å². The van der Waals surface area contributed by atoms with Gasteiger partial charge >= 0.3 is 5.97 Å². The maximum absolute atomic E-state index is 11.6. The predicted molar refractivity (Wildman–Crippen MR) is 86.8 cm³/mol. The summed E-state index contributed by atoms with van der Waals surface area (Å²) in [6.45, 7) is 7.32. The molecule has 0 amide bonds. The maximum atomic E-state index is 11.6. The number of rotatable bonds is 3. The van der Waals surface area contributed by atoms with Crippen molar-refractivity contribution in [1.29, 1.82) is 0 Å². The zero-order chi connectivity index (χ0) is 17.4. The molecule has 1 fully saturated rings. The normalized spacial score (nSPS) is 42.1. The third-order valence-electron chi connectivity index (χ3n) is 5.80. The van der Waals surface area contributed by atoms with Gasteiger partial charge < -0.3 is 19.7 Å². The van der Waals surface area contributed by atoms with E-state index in [0.717, 1.165) is 12.0 Å². The summed E-state index contributed by atoms with van der Waals surface area (Å²) in [6.07, 6.45) is 3.24. The van der Waals surface area contributed by atoms with E-state index in [1.54, 1.807) is 7.11 Å². The molecule has 0 bridgehead atoms. The average molecular weight is 326 g/mol. The van der Waals surface area contributed by atoms with Crippen LogP contribution in [0, 0.1) is 17.3 Å². The van der Waals surface area contributed by atoms with Gasteiger partial charge in [-0.1, -0.05) is 25.5 Å². The third-order valence-corrected chi connectivity index (χ3v) is 5.80. The number of carbonyl (C=O) groups excluding carboxylic acids is 1.